The number of nitrogen functional groups attached to an aromatic ring is 1. The Kier molecular flexibility index (Phi) is 6.27. The molecule has 134 valence electrons. The van der Waals surface area contributed by atoms with Gasteiger partial charge in [-0.25, -0.2) is 9.18 Å². The first-order valence-corrected chi connectivity index (χ1v) is 6.74. The van der Waals surface area contributed by atoms with Gasteiger partial charge in [0.25, 0.3) is 0 Å². The monoisotopic (exact) mass is 364 g/mol. The van der Waals surface area contributed by atoms with Crippen molar-refractivity contribution in [3.8, 4) is 0 Å². The van der Waals surface area contributed by atoms with Crippen LogP contribution in [0.5, 0.6) is 0 Å². The fourth-order valence-corrected chi connectivity index (χ4v) is 2.34. The zero-order valence-corrected chi connectivity index (χ0v) is 13.8. The lowest BCUT2D eigenvalue weighted by Crippen LogP contribution is -3.00. The lowest BCUT2D eigenvalue weighted by molar-refractivity contribution is -0.165. The normalized spacial score (nSPS) is 25.7. The van der Waals surface area contributed by atoms with Gasteiger partial charge in [0.05, 0.1) is 12.3 Å². The van der Waals surface area contributed by atoms with Crippen LogP contribution in [0.15, 0.2) is 11.0 Å². The van der Waals surface area contributed by atoms with Gasteiger partial charge >= 0.3 is 17.6 Å². The summed E-state index contributed by atoms with van der Waals surface area (Å²) in [5.74, 6) is -2.78. The number of halogens is 2. The number of hydrogen-bond acceptors (Lipinski definition) is 8. The summed E-state index contributed by atoms with van der Waals surface area (Å²) in [5.41, 5.74) is 4.34. The van der Waals surface area contributed by atoms with Gasteiger partial charge in [-0.05, 0) is 6.92 Å². The molecule has 2 rings (SSSR count). The fourth-order valence-electron chi connectivity index (χ4n) is 2.34. The number of aromatic nitrogens is 2. The molecule has 1 aromatic rings. The van der Waals surface area contributed by atoms with Crippen molar-refractivity contribution in [3.63, 3.8) is 0 Å². The highest BCUT2D eigenvalue weighted by Gasteiger charge is 2.48. The minimum atomic E-state index is -1.20. The third kappa shape index (κ3) is 4.01. The average molecular weight is 365 g/mol. The first-order valence-electron chi connectivity index (χ1n) is 6.74. The molecule has 1 aliphatic heterocycles. The molecule has 0 saturated carbocycles. The molecule has 0 aliphatic carbocycles. The Morgan fingerprint density at radius 2 is 1.83 bits per heavy atom. The molecule has 11 heteroatoms. The Morgan fingerprint density at radius 3 is 2.38 bits per heavy atom. The van der Waals surface area contributed by atoms with E-state index < -0.39 is 53.8 Å². The highest BCUT2D eigenvalue weighted by molar-refractivity contribution is 5.67. The van der Waals surface area contributed by atoms with Gasteiger partial charge in [-0.2, -0.15) is 4.98 Å². The van der Waals surface area contributed by atoms with Crippen LogP contribution in [-0.4, -0.2) is 39.8 Å². The van der Waals surface area contributed by atoms with Crippen LogP contribution in [0, 0.1) is 5.82 Å². The second kappa shape index (κ2) is 7.58. The van der Waals surface area contributed by atoms with Gasteiger partial charge in [-0.3, -0.25) is 14.2 Å². The Balaban J connectivity index is 0.00000288. The molecule has 24 heavy (non-hydrogen) atoms. The summed E-state index contributed by atoms with van der Waals surface area (Å²) in [6.07, 6.45) is -3.17. The van der Waals surface area contributed by atoms with Crippen LogP contribution in [0.2, 0.25) is 0 Å². The SMILES string of the molecule is CC(=O)O[C@@H]1[C@H](OC(C)=O)[C@@H](C)O[C@H]1n1cc(F)c(N)nc1=O.[Cl-]. The fraction of sp³-hybridized carbons (Fsp3) is 0.538. The third-order valence-corrected chi connectivity index (χ3v) is 3.23. The maximum atomic E-state index is 13.6. The van der Waals surface area contributed by atoms with E-state index in [1.165, 1.54) is 6.92 Å². The molecule has 1 aromatic heterocycles. The summed E-state index contributed by atoms with van der Waals surface area (Å²) in [6, 6.07) is 0. The lowest BCUT2D eigenvalue weighted by Gasteiger charge is -2.23. The minimum Gasteiger partial charge on any atom is -1.00 e. The summed E-state index contributed by atoms with van der Waals surface area (Å²) in [4.78, 5) is 37.8. The molecular formula is C13H16ClFN3O6-. The van der Waals surface area contributed by atoms with Crippen LogP contribution < -0.4 is 23.8 Å². The molecule has 0 aromatic carbocycles. The van der Waals surface area contributed by atoms with E-state index in [9.17, 15) is 18.8 Å². The molecule has 1 aliphatic rings. The van der Waals surface area contributed by atoms with E-state index in [1.807, 2.05) is 0 Å². The summed E-state index contributed by atoms with van der Waals surface area (Å²) < 4.78 is 30.1. The molecule has 0 radical (unpaired) electrons. The third-order valence-electron chi connectivity index (χ3n) is 3.23. The molecule has 0 amide bonds. The van der Waals surface area contributed by atoms with E-state index in [2.05, 4.69) is 4.98 Å². The highest BCUT2D eigenvalue weighted by atomic mass is 35.5. The molecule has 4 atom stereocenters. The summed E-state index contributed by atoms with van der Waals surface area (Å²) in [6.45, 7) is 3.90. The number of nitrogens with zero attached hydrogens (tertiary/aromatic N) is 2. The standard InChI is InChI=1S/C13H16FN3O6.ClH/c1-5-9(22-6(2)18)10(23-7(3)19)12(21-5)17-4-8(14)11(15)16-13(17)20;/h4-5,9-10,12H,1-3H3,(H2,15,16,20);1H/p-1/t5-,9-,10-,12-;/m1./s1. The van der Waals surface area contributed by atoms with Crippen molar-refractivity contribution in [1.82, 2.24) is 9.55 Å². The Hall–Kier alpha value is -2.20. The number of nitrogens with two attached hydrogens (primary N) is 1. The molecule has 2 heterocycles. The van der Waals surface area contributed by atoms with Gasteiger partial charge in [0.2, 0.25) is 0 Å². The molecule has 1 saturated heterocycles. The van der Waals surface area contributed by atoms with Gasteiger partial charge < -0.3 is 32.4 Å². The first-order chi connectivity index (χ1) is 10.7. The maximum Gasteiger partial charge on any atom is 0.351 e. The molecular weight excluding hydrogens is 349 g/mol. The van der Waals surface area contributed by atoms with Crippen molar-refractivity contribution in [3.05, 3.63) is 22.5 Å². The van der Waals surface area contributed by atoms with E-state index in [4.69, 9.17) is 19.9 Å². The quantitative estimate of drug-likeness (QED) is 0.555. The number of rotatable bonds is 3. The van der Waals surface area contributed by atoms with Crippen molar-refractivity contribution >= 4 is 17.8 Å². The minimum absolute atomic E-state index is 0. The Labute approximate surface area is 142 Å². The molecule has 9 nitrogen and oxygen atoms in total. The van der Waals surface area contributed by atoms with Crippen molar-refractivity contribution < 1.29 is 40.6 Å². The van der Waals surface area contributed by atoms with Crippen molar-refractivity contribution in [1.29, 1.82) is 0 Å². The summed E-state index contributed by atoms with van der Waals surface area (Å²) in [5, 5.41) is 0. The number of anilines is 1. The second-order valence-electron chi connectivity index (χ2n) is 5.04. The average Bonchev–Trinajstić information content (AvgIpc) is 2.70. The Morgan fingerprint density at radius 1 is 1.29 bits per heavy atom. The van der Waals surface area contributed by atoms with Gasteiger partial charge in [0.1, 0.15) is 0 Å². The lowest BCUT2D eigenvalue weighted by atomic mass is 10.1. The van der Waals surface area contributed by atoms with Crippen LogP contribution in [-0.2, 0) is 23.8 Å². The number of carbonyl (C=O) groups excluding carboxylic acids is 2. The second-order valence-corrected chi connectivity index (χ2v) is 5.04. The Bertz CT molecular complexity index is 697. The van der Waals surface area contributed by atoms with Gasteiger partial charge in [0, 0.05) is 13.8 Å². The van der Waals surface area contributed by atoms with Gasteiger partial charge in [-0.1, -0.05) is 0 Å². The highest BCUT2D eigenvalue weighted by Crippen LogP contribution is 2.33. The number of hydrogen-bond donors (Lipinski definition) is 1. The smallest absolute Gasteiger partial charge is 0.351 e. The molecule has 2 N–H and O–H groups in total. The molecule has 0 bridgehead atoms. The van der Waals surface area contributed by atoms with Crippen LogP contribution in [0.1, 0.15) is 27.0 Å². The van der Waals surface area contributed by atoms with E-state index in [1.54, 1.807) is 6.92 Å². The summed E-state index contributed by atoms with van der Waals surface area (Å²) in [7, 11) is 0. The number of esters is 2. The molecule has 1 fully saturated rings. The van der Waals surface area contributed by atoms with Crippen LogP contribution in [0.3, 0.4) is 0 Å². The maximum absolute atomic E-state index is 13.6. The van der Waals surface area contributed by atoms with Crippen LogP contribution in [0.25, 0.3) is 0 Å². The van der Waals surface area contributed by atoms with E-state index in [-0.39, 0.29) is 12.4 Å². The van der Waals surface area contributed by atoms with Crippen molar-refractivity contribution in [2.45, 2.75) is 45.3 Å². The van der Waals surface area contributed by atoms with Crippen molar-refractivity contribution in [2.24, 2.45) is 0 Å². The largest absolute Gasteiger partial charge is 1.00 e. The van der Waals surface area contributed by atoms with E-state index in [0.717, 1.165) is 17.7 Å². The number of carbonyl (C=O) groups is 2. The van der Waals surface area contributed by atoms with Crippen LogP contribution >= 0.6 is 0 Å². The zero-order valence-electron chi connectivity index (χ0n) is 13.1. The predicted octanol–water partition coefficient (Wildman–Crippen LogP) is -3.25. The zero-order chi connectivity index (χ0) is 17.3. The van der Waals surface area contributed by atoms with Gasteiger partial charge in [-0.15, -0.1) is 0 Å². The predicted molar refractivity (Wildman–Crippen MR) is 73.6 cm³/mol. The molecule has 0 unspecified atom stereocenters. The van der Waals surface area contributed by atoms with Crippen molar-refractivity contribution in [2.75, 3.05) is 5.73 Å². The topological polar surface area (TPSA) is 123 Å². The molecule has 0 spiro atoms. The van der Waals surface area contributed by atoms with Crippen LogP contribution in [0.4, 0.5) is 10.2 Å². The van der Waals surface area contributed by atoms with E-state index in [0.29, 0.717) is 0 Å². The number of ether oxygens (including phenoxy) is 3. The van der Waals surface area contributed by atoms with E-state index >= 15 is 0 Å². The van der Waals surface area contributed by atoms with Gasteiger partial charge in [0.15, 0.2) is 30.1 Å². The first kappa shape index (κ1) is 19.8. The summed E-state index contributed by atoms with van der Waals surface area (Å²) >= 11 is 0.